The van der Waals surface area contributed by atoms with Gasteiger partial charge in [-0.1, -0.05) is 0 Å². The molecule has 7 nitrogen and oxygen atoms in total. The van der Waals surface area contributed by atoms with Gasteiger partial charge in [0.2, 0.25) is 0 Å². The molecule has 0 aromatic rings. The summed E-state index contributed by atoms with van der Waals surface area (Å²) in [5, 5.41) is 8.23. The summed E-state index contributed by atoms with van der Waals surface area (Å²) in [4.78, 5) is 11.6. The molecule has 12 heavy (non-hydrogen) atoms. The Morgan fingerprint density at radius 1 is 1.67 bits per heavy atom. The van der Waals surface area contributed by atoms with E-state index in [1.165, 1.54) is 7.05 Å². The van der Waals surface area contributed by atoms with Crippen molar-refractivity contribution in [2.24, 2.45) is 5.84 Å². The molecule has 0 unspecified atom stereocenters. The number of nitrogens with one attached hydrogen (secondary N) is 1. The van der Waals surface area contributed by atoms with E-state index in [2.05, 4.69) is 5.84 Å². The number of hydrogen-bond donors (Lipinski definition) is 3. The molecule has 0 aromatic carbocycles. The molecule has 0 amide bonds. The van der Waals surface area contributed by atoms with Crippen molar-refractivity contribution in [3.63, 3.8) is 0 Å². The standard InChI is InChI=1S/C4H11N3O4S/c1-7(3-2-4(8)9)12(10,11)6-5/h6H,2-3,5H2,1H3,(H,8,9). The Hall–Kier alpha value is -0.700. The Kier molecular flexibility index (Phi) is 4.10. The Labute approximate surface area is 70.3 Å². The molecule has 0 heterocycles. The van der Waals surface area contributed by atoms with Gasteiger partial charge in [-0.05, 0) is 0 Å². The molecule has 4 N–H and O–H groups in total. The van der Waals surface area contributed by atoms with Crippen LogP contribution in [0.2, 0.25) is 0 Å². The van der Waals surface area contributed by atoms with E-state index in [9.17, 15) is 13.2 Å². The van der Waals surface area contributed by atoms with Gasteiger partial charge in [0, 0.05) is 13.6 Å². The fourth-order valence-electron chi connectivity index (χ4n) is 0.463. The zero-order valence-corrected chi connectivity index (χ0v) is 7.34. The van der Waals surface area contributed by atoms with E-state index >= 15 is 0 Å². The largest absolute Gasteiger partial charge is 0.481 e. The van der Waals surface area contributed by atoms with Crippen LogP contribution in [0.1, 0.15) is 6.42 Å². The summed E-state index contributed by atoms with van der Waals surface area (Å²) in [6.07, 6.45) is -0.253. The third-order valence-electron chi connectivity index (χ3n) is 1.20. The van der Waals surface area contributed by atoms with E-state index in [1.807, 2.05) is 0 Å². The molecule has 0 spiro atoms. The summed E-state index contributed by atoms with van der Waals surface area (Å²) < 4.78 is 22.4. The number of carbonyl (C=O) groups is 1. The van der Waals surface area contributed by atoms with Gasteiger partial charge in [0.05, 0.1) is 6.42 Å². The Morgan fingerprint density at radius 3 is 2.50 bits per heavy atom. The SMILES string of the molecule is CN(CCC(=O)O)S(=O)(=O)NN. The van der Waals surface area contributed by atoms with E-state index in [0.29, 0.717) is 0 Å². The van der Waals surface area contributed by atoms with Crippen LogP contribution in [0.25, 0.3) is 0 Å². The molecule has 8 heteroatoms. The Balaban J connectivity index is 4.05. The molecule has 0 aromatic heterocycles. The summed E-state index contributed by atoms with van der Waals surface area (Å²) in [5.74, 6) is 3.63. The Bertz CT molecular complexity index is 249. The number of aliphatic carboxylic acids is 1. The van der Waals surface area contributed by atoms with Gasteiger partial charge in [-0.15, -0.1) is 4.83 Å². The molecule has 0 fully saturated rings. The fourth-order valence-corrected chi connectivity index (χ4v) is 0.975. The smallest absolute Gasteiger partial charge is 0.304 e. The molecule has 0 bridgehead atoms. The highest BCUT2D eigenvalue weighted by molar-refractivity contribution is 7.87. The monoisotopic (exact) mass is 197 g/mol. The lowest BCUT2D eigenvalue weighted by molar-refractivity contribution is -0.137. The number of rotatable bonds is 5. The molecule has 0 aliphatic carbocycles. The van der Waals surface area contributed by atoms with Crippen LogP contribution in [0.3, 0.4) is 0 Å². The molecular formula is C4H11N3O4S. The summed E-state index contributed by atoms with van der Waals surface area (Å²) in [5.41, 5.74) is 0. The zero-order chi connectivity index (χ0) is 9.78. The van der Waals surface area contributed by atoms with E-state index in [0.717, 1.165) is 4.31 Å². The second kappa shape index (κ2) is 4.36. The van der Waals surface area contributed by atoms with E-state index in [4.69, 9.17) is 5.11 Å². The van der Waals surface area contributed by atoms with Crippen molar-refractivity contribution in [2.75, 3.05) is 13.6 Å². The average molecular weight is 197 g/mol. The summed E-state index contributed by atoms with van der Waals surface area (Å²) in [6, 6.07) is 0. The van der Waals surface area contributed by atoms with Crippen LogP contribution in [0.5, 0.6) is 0 Å². The third-order valence-corrected chi connectivity index (χ3v) is 2.50. The number of hydrogen-bond acceptors (Lipinski definition) is 4. The van der Waals surface area contributed by atoms with Crippen molar-refractivity contribution >= 4 is 16.2 Å². The van der Waals surface area contributed by atoms with Gasteiger partial charge in [0.15, 0.2) is 0 Å². The van der Waals surface area contributed by atoms with Crippen molar-refractivity contribution in [1.29, 1.82) is 0 Å². The topological polar surface area (TPSA) is 113 Å². The normalized spacial score (nSPS) is 11.9. The first-order chi connectivity index (χ1) is 5.40. The minimum atomic E-state index is -3.70. The summed E-state index contributed by atoms with van der Waals surface area (Å²) in [7, 11) is -2.46. The van der Waals surface area contributed by atoms with E-state index in [1.54, 1.807) is 4.83 Å². The number of nitrogens with zero attached hydrogens (tertiary/aromatic N) is 1. The van der Waals surface area contributed by atoms with Gasteiger partial charge in [-0.25, -0.2) is 0 Å². The molecule has 0 aliphatic rings. The minimum absolute atomic E-state index is 0.109. The van der Waals surface area contributed by atoms with Gasteiger partial charge in [0.1, 0.15) is 0 Å². The lowest BCUT2D eigenvalue weighted by atomic mass is 10.4. The van der Waals surface area contributed by atoms with Gasteiger partial charge < -0.3 is 5.11 Å². The predicted molar refractivity (Wildman–Crippen MR) is 41.1 cm³/mol. The first-order valence-electron chi connectivity index (χ1n) is 3.05. The van der Waals surface area contributed by atoms with Crippen LogP contribution in [-0.4, -0.2) is 37.4 Å². The van der Waals surface area contributed by atoms with Crippen molar-refractivity contribution in [1.82, 2.24) is 9.14 Å². The van der Waals surface area contributed by atoms with Crippen molar-refractivity contribution in [3.8, 4) is 0 Å². The molecular weight excluding hydrogens is 186 g/mol. The maximum Gasteiger partial charge on any atom is 0.304 e. The van der Waals surface area contributed by atoms with Crippen LogP contribution < -0.4 is 10.7 Å². The van der Waals surface area contributed by atoms with Gasteiger partial charge in [0.25, 0.3) is 10.2 Å². The maximum atomic E-state index is 10.8. The van der Waals surface area contributed by atoms with Crippen LogP contribution in [0, 0.1) is 0 Å². The summed E-state index contributed by atoms with van der Waals surface area (Å²) >= 11 is 0. The number of hydrazine groups is 1. The van der Waals surface area contributed by atoms with Crippen molar-refractivity contribution < 1.29 is 18.3 Å². The van der Waals surface area contributed by atoms with Crippen LogP contribution in [0.4, 0.5) is 0 Å². The minimum Gasteiger partial charge on any atom is -0.481 e. The molecule has 72 valence electrons. The predicted octanol–water partition coefficient (Wildman–Crippen LogP) is -1.90. The quantitative estimate of drug-likeness (QED) is 0.352. The zero-order valence-electron chi connectivity index (χ0n) is 6.52. The first kappa shape index (κ1) is 11.3. The van der Waals surface area contributed by atoms with Crippen molar-refractivity contribution in [3.05, 3.63) is 0 Å². The number of carboxylic acid groups (broad SMARTS) is 1. The maximum absolute atomic E-state index is 10.8. The Morgan fingerprint density at radius 2 is 2.17 bits per heavy atom. The molecule has 0 atom stereocenters. The second-order valence-corrected chi connectivity index (χ2v) is 3.90. The molecule has 0 aliphatic heterocycles. The average Bonchev–Trinajstić information content (AvgIpc) is 2.00. The van der Waals surface area contributed by atoms with E-state index in [-0.39, 0.29) is 13.0 Å². The van der Waals surface area contributed by atoms with Crippen molar-refractivity contribution in [2.45, 2.75) is 6.42 Å². The van der Waals surface area contributed by atoms with Crippen LogP contribution in [-0.2, 0) is 15.0 Å². The fraction of sp³-hybridized carbons (Fsp3) is 0.750. The lowest BCUT2D eigenvalue weighted by Gasteiger charge is -2.13. The van der Waals surface area contributed by atoms with Crippen LogP contribution >= 0.6 is 0 Å². The van der Waals surface area contributed by atoms with Gasteiger partial charge >= 0.3 is 5.97 Å². The molecule has 0 rings (SSSR count). The first-order valence-corrected chi connectivity index (χ1v) is 4.49. The molecule has 0 saturated heterocycles. The van der Waals surface area contributed by atoms with Gasteiger partial charge in [-0.3, -0.25) is 10.6 Å². The highest BCUT2D eigenvalue weighted by Crippen LogP contribution is 1.93. The second-order valence-electron chi connectivity index (χ2n) is 2.09. The highest BCUT2D eigenvalue weighted by atomic mass is 32.2. The summed E-state index contributed by atoms with van der Waals surface area (Å²) in [6.45, 7) is -0.109. The third kappa shape index (κ3) is 3.62. The lowest BCUT2D eigenvalue weighted by Crippen LogP contribution is -2.42. The molecule has 0 saturated carbocycles. The van der Waals surface area contributed by atoms with Gasteiger partial charge in [-0.2, -0.15) is 12.7 Å². The number of carboxylic acids is 1. The van der Waals surface area contributed by atoms with Crippen LogP contribution in [0.15, 0.2) is 0 Å². The number of nitrogens with two attached hydrogens (primary N) is 1. The molecule has 0 radical (unpaired) electrons. The highest BCUT2D eigenvalue weighted by Gasteiger charge is 2.15. The van der Waals surface area contributed by atoms with E-state index < -0.39 is 16.2 Å².